The molecule has 0 aliphatic carbocycles. The second-order valence-corrected chi connectivity index (χ2v) is 9.40. The topological polar surface area (TPSA) is 81.1 Å². The number of aromatic nitrogens is 1. The summed E-state index contributed by atoms with van der Waals surface area (Å²) in [6, 6.07) is 22.1. The molecule has 1 atom stereocenters. The number of carbonyl (C=O) groups is 1. The molecule has 6 nitrogen and oxygen atoms in total. The molecule has 0 radical (unpaired) electrons. The summed E-state index contributed by atoms with van der Waals surface area (Å²) in [7, 11) is 0. The predicted molar refractivity (Wildman–Crippen MR) is 141 cm³/mol. The number of aromatic amines is 1. The molecule has 1 unspecified atom stereocenters. The van der Waals surface area contributed by atoms with Gasteiger partial charge in [-0.1, -0.05) is 60.6 Å². The maximum Gasteiger partial charge on any atom is 0.246 e. The molecular weight excluding hydrogens is 468 g/mol. The van der Waals surface area contributed by atoms with Crippen molar-refractivity contribution in [2.24, 2.45) is 10.2 Å². The number of thioether (sulfide) groups is 1. The van der Waals surface area contributed by atoms with E-state index >= 15 is 0 Å². The monoisotopic (exact) mass is 488 g/mol. The average molecular weight is 489 g/mol. The number of para-hydroxylation sites is 1. The van der Waals surface area contributed by atoms with Crippen molar-refractivity contribution in [3.8, 4) is 17.0 Å². The van der Waals surface area contributed by atoms with Gasteiger partial charge in [-0.25, -0.2) is 0 Å². The van der Waals surface area contributed by atoms with E-state index < -0.39 is 0 Å². The maximum absolute atomic E-state index is 13.0. The van der Waals surface area contributed by atoms with Crippen molar-refractivity contribution < 1.29 is 9.90 Å². The first-order chi connectivity index (χ1) is 16.5. The molecule has 8 heteroatoms. The molecule has 1 fully saturated rings. The minimum atomic E-state index is -0.222. The number of halogens is 1. The molecule has 1 amide bonds. The van der Waals surface area contributed by atoms with Crippen LogP contribution in [0.3, 0.4) is 0 Å². The van der Waals surface area contributed by atoms with Gasteiger partial charge in [-0.2, -0.15) is 5.10 Å². The Morgan fingerprint density at radius 3 is 2.56 bits per heavy atom. The first kappa shape index (κ1) is 22.3. The molecule has 1 aliphatic rings. The van der Waals surface area contributed by atoms with Crippen molar-refractivity contribution >= 4 is 57.2 Å². The number of amidine groups is 1. The van der Waals surface area contributed by atoms with E-state index in [2.05, 4.69) is 15.2 Å². The number of anilines is 1. The van der Waals surface area contributed by atoms with E-state index in [1.54, 1.807) is 35.4 Å². The smallest absolute Gasteiger partial charge is 0.246 e. The number of benzene rings is 3. The highest BCUT2D eigenvalue weighted by atomic mass is 35.5. The second kappa shape index (κ2) is 9.37. The molecule has 2 heterocycles. The van der Waals surface area contributed by atoms with Crippen molar-refractivity contribution in [2.75, 3.05) is 4.90 Å². The van der Waals surface area contributed by atoms with Crippen LogP contribution in [0.2, 0.25) is 5.02 Å². The van der Waals surface area contributed by atoms with Gasteiger partial charge in [0.2, 0.25) is 5.91 Å². The molecular formula is C26H21ClN4O2S. The fraction of sp³-hybridized carbons (Fsp3) is 0.115. The Morgan fingerprint density at radius 1 is 1.09 bits per heavy atom. The number of hydrogen-bond donors (Lipinski definition) is 2. The minimum absolute atomic E-state index is 0.0407. The van der Waals surface area contributed by atoms with Gasteiger partial charge in [0.1, 0.15) is 5.75 Å². The van der Waals surface area contributed by atoms with E-state index in [4.69, 9.17) is 11.6 Å². The van der Waals surface area contributed by atoms with Crippen molar-refractivity contribution in [1.82, 2.24) is 4.98 Å². The number of phenolic OH excluding ortho intramolecular Hbond substituents is 1. The largest absolute Gasteiger partial charge is 0.508 e. The first-order valence-electron chi connectivity index (χ1n) is 10.8. The second-order valence-electron chi connectivity index (χ2n) is 7.80. The number of hydrogen-bond acceptors (Lipinski definition) is 5. The van der Waals surface area contributed by atoms with Crippen LogP contribution in [-0.4, -0.2) is 32.6 Å². The molecule has 1 saturated heterocycles. The van der Waals surface area contributed by atoms with Crippen LogP contribution >= 0.6 is 23.4 Å². The van der Waals surface area contributed by atoms with E-state index in [0.717, 1.165) is 27.7 Å². The summed E-state index contributed by atoms with van der Waals surface area (Å²) in [5.41, 5.74) is 4.44. The molecule has 34 heavy (non-hydrogen) atoms. The van der Waals surface area contributed by atoms with Crippen LogP contribution in [0, 0.1) is 0 Å². The number of nitrogens with zero attached hydrogens (tertiary/aromatic N) is 3. The molecule has 1 aliphatic heterocycles. The van der Waals surface area contributed by atoms with Crippen molar-refractivity contribution in [2.45, 2.75) is 18.6 Å². The Hall–Kier alpha value is -3.55. The van der Waals surface area contributed by atoms with Crippen molar-refractivity contribution in [1.29, 1.82) is 0 Å². The molecule has 170 valence electrons. The SMILES string of the molecule is CCC1S/C(=N\N=C\c2c(-c3ccc(Cl)cc3)[nH]c3ccccc23)N(c2ccc(O)cc2)C1=O. The van der Waals surface area contributed by atoms with Gasteiger partial charge in [-0.05, 0) is 54.4 Å². The van der Waals surface area contributed by atoms with E-state index in [0.29, 0.717) is 22.3 Å². The zero-order valence-electron chi connectivity index (χ0n) is 18.3. The van der Waals surface area contributed by atoms with Crippen molar-refractivity contribution in [3.63, 3.8) is 0 Å². The Bertz CT molecular complexity index is 1410. The number of phenols is 1. The fourth-order valence-electron chi connectivity index (χ4n) is 3.91. The van der Waals surface area contributed by atoms with Gasteiger partial charge in [0.15, 0.2) is 5.17 Å². The number of nitrogens with one attached hydrogen (secondary N) is 1. The highest BCUT2D eigenvalue weighted by Crippen LogP contribution is 2.34. The fourth-order valence-corrected chi connectivity index (χ4v) is 5.06. The summed E-state index contributed by atoms with van der Waals surface area (Å²) >= 11 is 7.48. The van der Waals surface area contributed by atoms with Gasteiger partial charge in [0.05, 0.1) is 22.8 Å². The Balaban J connectivity index is 1.54. The number of rotatable bonds is 5. The van der Waals surface area contributed by atoms with Gasteiger partial charge in [-0.15, -0.1) is 5.10 Å². The lowest BCUT2D eigenvalue weighted by atomic mass is 10.1. The predicted octanol–water partition coefficient (Wildman–Crippen LogP) is 6.44. The maximum atomic E-state index is 13.0. The summed E-state index contributed by atoms with van der Waals surface area (Å²) in [5.74, 6) is 0.0988. The number of fused-ring (bicyclic) bond motifs is 1. The van der Waals surface area contributed by atoms with Gasteiger partial charge >= 0.3 is 0 Å². The highest BCUT2D eigenvalue weighted by Gasteiger charge is 2.38. The standard InChI is InChI=1S/C26H21ClN4O2S/c1-2-23-25(33)31(18-11-13-19(32)14-12-18)26(34-23)30-28-15-21-20-5-3-4-6-22(20)29-24(21)16-7-9-17(27)10-8-16/h3-15,23,29,32H,2H2,1H3/b28-15+,30-26-. The van der Waals surface area contributed by atoms with Crippen LogP contribution in [0.25, 0.3) is 22.2 Å². The van der Waals surface area contributed by atoms with Crippen LogP contribution in [-0.2, 0) is 4.79 Å². The lowest BCUT2D eigenvalue weighted by molar-refractivity contribution is -0.116. The van der Waals surface area contributed by atoms with Crippen molar-refractivity contribution in [3.05, 3.63) is 83.4 Å². The Labute approximate surface area is 206 Å². The zero-order chi connectivity index (χ0) is 23.7. The Morgan fingerprint density at radius 2 is 1.82 bits per heavy atom. The number of H-pyrrole nitrogens is 1. The Kier molecular flexibility index (Phi) is 6.13. The van der Waals surface area contributed by atoms with E-state index in [1.807, 2.05) is 55.5 Å². The lowest BCUT2D eigenvalue weighted by Gasteiger charge is -2.15. The number of carbonyl (C=O) groups excluding carboxylic acids is 1. The number of amides is 1. The normalized spacial score (nSPS) is 17.5. The summed E-state index contributed by atoms with van der Waals surface area (Å²) < 4.78 is 0. The van der Waals surface area contributed by atoms with Gasteiger partial charge in [0.25, 0.3) is 0 Å². The van der Waals surface area contributed by atoms with Crippen LogP contribution in [0.5, 0.6) is 5.75 Å². The third-order valence-electron chi connectivity index (χ3n) is 5.62. The van der Waals surface area contributed by atoms with Crippen LogP contribution in [0.4, 0.5) is 5.69 Å². The lowest BCUT2D eigenvalue weighted by Crippen LogP contribution is -2.31. The molecule has 1 aromatic heterocycles. The van der Waals surface area contributed by atoms with Crippen LogP contribution in [0.1, 0.15) is 18.9 Å². The molecule has 0 saturated carbocycles. The summed E-state index contributed by atoms with van der Waals surface area (Å²) in [5, 5.41) is 20.4. The quantitative estimate of drug-likeness (QED) is 0.250. The van der Waals surface area contributed by atoms with Crippen LogP contribution < -0.4 is 4.90 Å². The third kappa shape index (κ3) is 4.20. The summed E-state index contributed by atoms with van der Waals surface area (Å²) in [4.78, 5) is 18.0. The molecule has 3 aromatic carbocycles. The van der Waals surface area contributed by atoms with E-state index in [-0.39, 0.29) is 16.9 Å². The summed E-state index contributed by atoms with van der Waals surface area (Å²) in [6.45, 7) is 1.97. The minimum Gasteiger partial charge on any atom is -0.508 e. The first-order valence-corrected chi connectivity index (χ1v) is 12.1. The van der Waals surface area contributed by atoms with Crippen LogP contribution in [0.15, 0.2) is 83.0 Å². The molecule has 4 aromatic rings. The molecule has 0 spiro atoms. The zero-order valence-corrected chi connectivity index (χ0v) is 19.8. The van der Waals surface area contributed by atoms with Gasteiger partial charge < -0.3 is 10.1 Å². The van der Waals surface area contributed by atoms with E-state index in [1.165, 1.54) is 11.8 Å². The highest BCUT2D eigenvalue weighted by molar-refractivity contribution is 8.16. The third-order valence-corrected chi connectivity index (χ3v) is 7.17. The summed E-state index contributed by atoms with van der Waals surface area (Å²) in [6.07, 6.45) is 2.40. The van der Waals surface area contributed by atoms with E-state index in [9.17, 15) is 9.90 Å². The molecule has 2 N–H and O–H groups in total. The van der Waals surface area contributed by atoms with Gasteiger partial charge in [-0.3, -0.25) is 9.69 Å². The van der Waals surface area contributed by atoms with Gasteiger partial charge in [0, 0.05) is 21.5 Å². The average Bonchev–Trinajstić information content (AvgIpc) is 3.37. The number of aromatic hydroxyl groups is 1. The molecule has 5 rings (SSSR count). The molecule has 0 bridgehead atoms.